The van der Waals surface area contributed by atoms with Crippen LogP contribution in [-0.2, 0) is 11.3 Å². The Morgan fingerprint density at radius 1 is 1.36 bits per heavy atom. The fourth-order valence-electron chi connectivity index (χ4n) is 2.06. The van der Waals surface area contributed by atoms with Gasteiger partial charge < -0.3 is 9.30 Å². The number of aromatic nitrogens is 1. The predicted octanol–water partition coefficient (Wildman–Crippen LogP) is 1.90. The zero-order chi connectivity index (χ0) is 16.3. The van der Waals surface area contributed by atoms with Gasteiger partial charge in [-0.3, -0.25) is 14.9 Å². The zero-order valence-corrected chi connectivity index (χ0v) is 12.1. The zero-order valence-electron chi connectivity index (χ0n) is 12.1. The van der Waals surface area contributed by atoms with Crippen molar-refractivity contribution in [3.63, 3.8) is 0 Å². The van der Waals surface area contributed by atoms with E-state index in [2.05, 4.69) is 4.74 Å². The van der Waals surface area contributed by atoms with Crippen molar-refractivity contribution in [2.24, 2.45) is 0 Å². The summed E-state index contributed by atoms with van der Waals surface area (Å²) in [4.78, 5) is 34.3. The van der Waals surface area contributed by atoms with Crippen LogP contribution in [0.3, 0.4) is 0 Å². The molecule has 0 spiro atoms. The third-order valence-corrected chi connectivity index (χ3v) is 3.29. The number of nitrogens with zero attached hydrogens (tertiary/aromatic N) is 2. The van der Waals surface area contributed by atoms with Crippen molar-refractivity contribution in [2.75, 3.05) is 7.11 Å². The van der Waals surface area contributed by atoms with Crippen LogP contribution >= 0.6 is 0 Å². The number of ether oxygens (including phenoxy) is 1. The molecule has 0 radical (unpaired) electrons. The van der Waals surface area contributed by atoms with Crippen LogP contribution in [0.2, 0.25) is 0 Å². The van der Waals surface area contributed by atoms with Gasteiger partial charge >= 0.3 is 5.97 Å². The van der Waals surface area contributed by atoms with Crippen LogP contribution in [0.1, 0.15) is 21.5 Å². The van der Waals surface area contributed by atoms with Crippen molar-refractivity contribution < 1.29 is 14.5 Å². The third-order valence-electron chi connectivity index (χ3n) is 3.29. The average Bonchev–Trinajstić information content (AvgIpc) is 2.50. The normalized spacial score (nSPS) is 10.3. The van der Waals surface area contributed by atoms with E-state index in [9.17, 15) is 19.7 Å². The van der Waals surface area contributed by atoms with Crippen molar-refractivity contribution in [1.29, 1.82) is 0 Å². The number of nitro groups is 1. The molecule has 0 aliphatic rings. The Morgan fingerprint density at radius 2 is 2.05 bits per heavy atom. The molecule has 0 amide bonds. The minimum Gasteiger partial charge on any atom is -0.465 e. The molecule has 0 unspecified atom stereocenters. The predicted molar refractivity (Wildman–Crippen MR) is 79.0 cm³/mol. The highest BCUT2D eigenvalue weighted by atomic mass is 16.6. The van der Waals surface area contributed by atoms with E-state index in [0.29, 0.717) is 0 Å². The third kappa shape index (κ3) is 3.03. The summed E-state index contributed by atoms with van der Waals surface area (Å²) in [6.07, 6.45) is 1.13. The van der Waals surface area contributed by atoms with Gasteiger partial charge in [-0.05, 0) is 18.1 Å². The van der Waals surface area contributed by atoms with E-state index in [-0.39, 0.29) is 17.8 Å². The van der Waals surface area contributed by atoms with E-state index in [0.717, 1.165) is 35.1 Å². The first kappa shape index (κ1) is 15.4. The summed E-state index contributed by atoms with van der Waals surface area (Å²) in [7, 11) is 1.12. The number of carbonyl (C=O) groups excluding carboxylic acids is 1. The second-order valence-electron chi connectivity index (χ2n) is 4.72. The van der Waals surface area contributed by atoms with Crippen LogP contribution in [0.5, 0.6) is 0 Å². The van der Waals surface area contributed by atoms with Gasteiger partial charge in [0.1, 0.15) is 5.56 Å². The van der Waals surface area contributed by atoms with Gasteiger partial charge in [-0.15, -0.1) is 0 Å². The first-order chi connectivity index (χ1) is 10.4. The van der Waals surface area contributed by atoms with Crippen LogP contribution < -0.4 is 5.56 Å². The molecule has 0 saturated heterocycles. The summed E-state index contributed by atoms with van der Waals surface area (Å²) in [6.45, 7) is 2.01. The number of pyridine rings is 1. The number of hydrogen-bond acceptors (Lipinski definition) is 5. The molecule has 114 valence electrons. The lowest BCUT2D eigenvalue weighted by Gasteiger charge is -2.10. The standard InChI is InChI=1S/C15H14N2O5/c1-10-5-3-4-6-11(10)8-16-9-12(17(20)21)7-13(14(16)18)15(19)22-2/h3-7,9H,8H2,1-2H3. The van der Waals surface area contributed by atoms with Gasteiger partial charge in [0.2, 0.25) is 0 Å². The molecule has 0 fully saturated rings. The molecule has 0 atom stereocenters. The van der Waals surface area contributed by atoms with E-state index >= 15 is 0 Å². The van der Waals surface area contributed by atoms with Gasteiger partial charge in [-0.1, -0.05) is 24.3 Å². The van der Waals surface area contributed by atoms with Crippen LogP contribution in [0.4, 0.5) is 5.69 Å². The van der Waals surface area contributed by atoms with E-state index in [1.807, 2.05) is 31.2 Å². The van der Waals surface area contributed by atoms with Gasteiger partial charge in [0.05, 0.1) is 24.8 Å². The number of benzene rings is 1. The summed E-state index contributed by atoms with van der Waals surface area (Å²) in [5, 5.41) is 11.0. The monoisotopic (exact) mass is 302 g/mol. The maximum atomic E-state index is 12.3. The Balaban J connectivity index is 2.57. The minimum atomic E-state index is -0.896. The van der Waals surface area contributed by atoms with E-state index in [1.54, 1.807) is 0 Å². The summed E-state index contributed by atoms with van der Waals surface area (Å²) < 4.78 is 5.65. The Labute approximate surface area is 125 Å². The SMILES string of the molecule is COC(=O)c1cc([N+](=O)[O-])cn(Cc2ccccc2C)c1=O. The molecule has 7 heteroatoms. The number of esters is 1. The molecule has 1 heterocycles. The summed E-state index contributed by atoms with van der Waals surface area (Å²) in [5.41, 5.74) is 0.459. The molecule has 1 aromatic heterocycles. The van der Waals surface area contributed by atoms with Gasteiger partial charge in [0, 0.05) is 6.07 Å². The highest BCUT2D eigenvalue weighted by Crippen LogP contribution is 2.14. The fourth-order valence-corrected chi connectivity index (χ4v) is 2.06. The van der Waals surface area contributed by atoms with E-state index in [1.165, 1.54) is 0 Å². The average molecular weight is 302 g/mol. The lowest BCUT2D eigenvalue weighted by Crippen LogP contribution is -2.27. The molecule has 0 bridgehead atoms. The maximum absolute atomic E-state index is 12.3. The molecule has 2 aromatic rings. The lowest BCUT2D eigenvalue weighted by molar-refractivity contribution is -0.385. The van der Waals surface area contributed by atoms with Crippen molar-refractivity contribution in [3.8, 4) is 0 Å². The molecule has 7 nitrogen and oxygen atoms in total. The molecule has 0 N–H and O–H groups in total. The first-order valence-corrected chi connectivity index (χ1v) is 6.45. The van der Waals surface area contributed by atoms with Crippen LogP contribution in [0.15, 0.2) is 41.3 Å². The molecule has 0 aliphatic heterocycles. The van der Waals surface area contributed by atoms with Crippen LogP contribution in [0.25, 0.3) is 0 Å². The summed E-state index contributed by atoms with van der Waals surface area (Å²) in [5.74, 6) is -0.896. The number of hydrogen-bond donors (Lipinski definition) is 0. The van der Waals surface area contributed by atoms with Crippen molar-refractivity contribution in [3.05, 3.63) is 73.7 Å². The Bertz CT molecular complexity index is 795. The van der Waals surface area contributed by atoms with Crippen LogP contribution in [0, 0.1) is 17.0 Å². The van der Waals surface area contributed by atoms with Crippen molar-refractivity contribution >= 4 is 11.7 Å². The quantitative estimate of drug-likeness (QED) is 0.488. The van der Waals surface area contributed by atoms with E-state index < -0.39 is 16.5 Å². The maximum Gasteiger partial charge on any atom is 0.343 e. The van der Waals surface area contributed by atoms with Gasteiger partial charge in [-0.2, -0.15) is 0 Å². The number of methoxy groups -OCH3 is 1. The molecule has 0 saturated carbocycles. The van der Waals surface area contributed by atoms with Crippen molar-refractivity contribution in [2.45, 2.75) is 13.5 Å². The molecule has 1 aromatic carbocycles. The molecular formula is C15H14N2O5. The smallest absolute Gasteiger partial charge is 0.343 e. The fraction of sp³-hybridized carbons (Fsp3) is 0.200. The van der Waals surface area contributed by atoms with Crippen molar-refractivity contribution in [1.82, 2.24) is 4.57 Å². The highest BCUT2D eigenvalue weighted by Gasteiger charge is 2.19. The topological polar surface area (TPSA) is 91.4 Å². The van der Waals surface area contributed by atoms with Gasteiger partial charge in [0.15, 0.2) is 0 Å². The molecule has 2 rings (SSSR count). The Hall–Kier alpha value is -2.96. The number of carbonyl (C=O) groups is 1. The van der Waals surface area contributed by atoms with Crippen LogP contribution in [-0.4, -0.2) is 22.6 Å². The minimum absolute atomic E-state index is 0.136. The Morgan fingerprint density at radius 3 is 2.64 bits per heavy atom. The molecule has 22 heavy (non-hydrogen) atoms. The van der Waals surface area contributed by atoms with Gasteiger partial charge in [0.25, 0.3) is 11.2 Å². The van der Waals surface area contributed by atoms with Gasteiger partial charge in [-0.25, -0.2) is 4.79 Å². The summed E-state index contributed by atoms with van der Waals surface area (Å²) >= 11 is 0. The number of rotatable bonds is 4. The largest absolute Gasteiger partial charge is 0.465 e. The van der Waals surface area contributed by atoms with E-state index in [4.69, 9.17) is 0 Å². The Kier molecular flexibility index (Phi) is 4.36. The second kappa shape index (κ2) is 6.21. The number of aryl methyl sites for hydroxylation is 1. The molecular weight excluding hydrogens is 288 g/mol. The molecule has 0 aliphatic carbocycles. The lowest BCUT2D eigenvalue weighted by atomic mass is 10.1. The first-order valence-electron chi connectivity index (χ1n) is 6.45. The highest BCUT2D eigenvalue weighted by molar-refractivity contribution is 5.89. The second-order valence-corrected chi connectivity index (χ2v) is 4.72. The summed E-state index contributed by atoms with van der Waals surface area (Å²) in [6, 6.07) is 8.29.